The lowest BCUT2D eigenvalue weighted by molar-refractivity contribution is -0.133. The molecule has 120 valence electrons. The molecule has 5 nitrogen and oxygen atoms in total. The van der Waals surface area contributed by atoms with Gasteiger partial charge in [0.05, 0.1) is 0 Å². The van der Waals surface area contributed by atoms with Gasteiger partial charge < -0.3 is 15.5 Å². The topological polar surface area (TPSA) is 61.4 Å². The van der Waals surface area contributed by atoms with Crippen LogP contribution in [0.5, 0.6) is 0 Å². The minimum absolute atomic E-state index is 0.581. The number of benzene rings is 2. The number of anilines is 3. The van der Waals surface area contributed by atoms with Crippen molar-refractivity contribution in [3.63, 3.8) is 0 Å². The molecule has 2 aromatic rings. The van der Waals surface area contributed by atoms with Crippen molar-refractivity contribution in [1.82, 2.24) is 0 Å². The molecule has 0 aromatic heterocycles. The van der Waals surface area contributed by atoms with Crippen LogP contribution in [-0.4, -0.2) is 25.9 Å². The van der Waals surface area contributed by atoms with Gasteiger partial charge in [-0.2, -0.15) is 0 Å². The lowest BCUT2D eigenvalue weighted by atomic mass is 10.1. The fraction of sp³-hybridized carbons (Fsp3) is 0.222. The second-order valence-corrected chi connectivity index (χ2v) is 5.62. The maximum absolute atomic E-state index is 12.1. The summed E-state index contributed by atoms with van der Waals surface area (Å²) < 4.78 is 0. The molecule has 23 heavy (non-hydrogen) atoms. The minimum atomic E-state index is -0.691. The summed E-state index contributed by atoms with van der Waals surface area (Å²) in [6.45, 7) is 3.78. The Kier molecular flexibility index (Phi) is 5.01. The number of para-hydroxylation sites is 1. The first-order valence-corrected chi connectivity index (χ1v) is 7.34. The predicted molar refractivity (Wildman–Crippen MR) is 93.9 cm³/mol. The molecule has 0 atom stereocenters. The number of amides is 2. The Morgan fingerprint density at radius 2 is 1.43 bits per heavy atom. The molecule has 0 aliphatic carbocycles. The maximum Gasteiger partial charge on any atom is 0.314 e. The van der Waals surface area contributed by atoms with E-state index in [1.807, 2.05) is 69.2 Å². The standard InChI is InChI=1S/C18H21N3O2/c1-12-7-5-8-13(2)16(12)20-18(23)17(22)19-14-9-6-10-15(11-14)21(3)4/h5-11H,1-4H3,(H,19,22)(H,20,23). The molecule has 0 heterocycles. The van der Waals surface area contributed by atoms with Gasteiger partial charge in [0.15, 0.2) is 0 Å². The van der Waals surface area contributed by atoms with Gasteiger partial charge in [-0.1, -0.05) is 24.3 Å². The third-order valence-electron chi connectivity index (χ3n) is 3.55. The maximum atomic E-state index is 12.1. The van der Waals surface area contributed by atoms with Gasteiger partial charge in [-0.3, -0.25) is 9.59 Å². The van der Waals surface area contributed by atoms with Crippen LogP contribution in [0.1, 0.15) is 11.1 Å². The van der Waals surface area contributed by atoms with Crippen LogP contribution in [0.25, 0.3) is 0 Å². The summed E-state index contributed by atoms with van der Waals surface area (Å²) in [7, 11) is 3.82. The summed E-state index contributed by atoms with van der Waals surface area (Å²) >= 11 is 0. The van der Waals surface area contributed by atoms with Crippen LogP contribution in [-0.2, 0) is 9.59 Å². The van der Waals surface area contributed by atoms with Crippen LogP contribution in [0.3, 0.4) is 0 Å². The van der Waals surface area contributed by atoms with Gasteiger partial charge in [0, 0.05) is 31.2 Å². The van der Waals surface area contributed by atoms with Crippen molar-refractivity contribution in [1.29, 1.82) is 0 Å². The molecule has 0 saturated carbocycles. The van der Waals surface area contributed by atoms with E-state index in [1.165, 1.54) is 0 Å². The molecule has 0 fully saturated rings. The molecule has 0 bridgehead atoms. The van der Waals surface area contributed by atoms with Gasteiger partial charge in [0.1, 0.15) is 0 Å². The molecule has 0 radical (unpaired) electrons. The number of aryl methyl sites for hydroxylation is 2. The quantitative estimate of drug-likeness (QED) is 0.857. The average molecular weight is 311 g/mol. The van der Waals surface area contributed by atoms with Crippen LogP contribution in [0.2, 0.25) is 0 Å². The van der Waals surface area contributed by atoms with E-state index in [-0.39, 0.29) is 0 Å². The first-order valence-electron chi connectivity index (χ1n) is 7.34. The summed E-state index contributed by atoms with van der Waals surface area (Å²) in [5, 5.41) is 5.29. The van der Waals surface area contributed by atoms with Crippen molar-refractivity contribution in [2.75, 3.05) is 29.6 Å². The highest BCUT2D eigenvalue weighted by Crippen LogP contribution is 2.20. The third-order valence-corrected chi connectivity index (χ3v) is 3.55. The fourth-order valence-electron chi connectivity index (χ4n) is 2.23. The second kappa shape index (κ2) is 6.96. The molecule has 0 unspecified atom stereocenters. The van der Waals surface area contributed by atoms with Crippen molar-refractivity contribution >= 4 is 28.9 Å². The van der Waals surface area contributed by atoms with Gasteiger partial charge in [-0.15, -0.1) is 0 Å². The van der Waals surface area contributed by atoms with Crippen molar-refractivity contribution in [3.8, 4) is 0 Å². The van der Waals surface area contributed by atoms with Gasteiger partial charge in [-0.05, 0) is 43.2 Å². The van der Waals surface area contributed by atoms with Gasteiger partial charge >= 0.3 is 11.8 Å². The molecular formula is C18H21N3O2. The Balaban J connectivity index is 2.09. The van der Waals surface area contributed by atoms with Gasteiger partial charge in [-0.25, -0.2) is 0 Å². The summed E-state index contributed by atoms with van der Waals surface area (Å²) in [5.41, 5.74) is 4.03. The van der Waals surface area contributed by atoms with Crippen LogP contribution in [0.15, 0.2) is 42.5 Å². The highest BCUT2D eigenvalue weighted by molar-refractivity contribution is 6.43. The van der Waals surface area contributed by atoms with Gasteiger partial charge in [0.25, 0.3) is 0 Å². The van der Waals surface area contributed by atoms with E-state index in [1.54, 1.807) is 6.07 Å². The largest absolute Gasteiger partial charge is 0.378 e. The van der Waals surface area contributed by atoms with Gasteiger partial charge in [0.2, 0.25) is 0 Å². The molecule has 2 aromatic carbocycles. The molecule has 0 aliphatic rings. The summed E-state index contributed by atoms with van der Waals surface area (Å²) in [5.74, 6) is -1.37. The molecule has 2 N–H and O–H groups in total. The summed E-state index contributed by atoms with van der Waals surface area (Å²) in [4.78, 5) is 26.1. The number of nitrogens with zero attached hydrogens (tertiary/aromatic N) is 1. The minimum Gasteiger partial charge on any atom is -0.378 e. The molecule has 2 rings (SSSR count). The molecule has 0 spiro atoms. The van der Waals surface area contributed by atoms with E-state index >= 15 is 0 Å². The molecule has 2 amide bonds. The highest BCUT2D eigenvalue weighted by atomic mass is 16.2. The zero-order chi connectivity index (χ0) is 17.0. The SMILES string of the molecule is Cc1cccc(C)c1NC(=O)C(=O)Nc1cccc(N(C)C)c1. The normalized spacial score (nSPS) is 10.1. The summed E-state index contributed by atoms with van der Waals surface area (Å²) in [6, 6.07) is 13.0. The number of nitrogens with one attached hydrogen (secondary N) is 2. The highest BCUT2D eigenvalue weighted by Gasteiger charge is 2.16. The Labute approximate surface area is 136 Å². The number of carbonyl (C=O) groups is 2. The molecule has 5 heteroatoms. The Morgan fingerprint density at radius 1 is 0.870 bits per heavy atom. The predicted octanol–water partition coefficient (Wildman–Crippen LogP) is 2.95. The summed E-state index contributed by atoms with van der Waals surface area (Å²) in [6.07, 6.45) is 0. The lowest BCUT2D eigenvalue weighted by Gasteiger charge is -2.14. The van der Waals surface area contributed by atoms with Crippen LogP contribution < -0.4 is 15.5 Å². The Bertz CT molecular complexity index is 719. The first kappa shape index (κ1) is 16.5. The van der Waals surface area contributed by atoms with Crippen molar-refractivity contribution in [2.45, 2.75) is 13.8 Å². The van der Waals surface area contributed by atoms with E-state index in [0.717, 1.165) is 16.8 Å². The zero-order valence-corrected chi connectivity index (χ0v) is 13.8. The molecule has 0 aliphatic heterocycles. The molecule has 0 saturated heterocycles. The van der Waals surface area contributed by atoms with Crippen molar-refractivity contribution in [2.24, 2.45) is 0 Å². The number of hydrogen-bond donors (Lipinski definition) is 2. The number of carbonyl (C=O) groups excluding carboxylic acids is 2. The van der Waals surface area contributed by atoms with E-state index in [9.17, 15) is 9.59 Å². The number of hydrogen-bond acceptors (Lipinski definition) is 3. The van der Waals surface area contributed by atoms with Crippen molar-refractivity contribution in [3.05, 3.63) is 53.6 Å². The zero-order valence-electron chi connectivity index (χ0n) is 13.8. The average Bonchev–Trinajstić information content (AvgIpc) is 2.51. The Morgan fingerprint density at radius 3 is 2.04 bits per heavy atom. The fourth-order valence-corrected chi connectivity index (χ4v) is 2.23. The first-order chi connectivity index (χ1) is 10.9. The van der Waals surface area contributed by atoms with Crippen LogP contribution in [0, 0.1) is 13.8 Å². The third kappa shape index (κ3) is 4.10. The van der Waals surface area contributed by atoms with E-state index in [4.69, 9.17) is 0 Å². The second-order valence-electron chi connectivity index (χ2n) is 5.62. The van der Waals surface area contributed by atoms with Crippen LogP contribution in [0.4, 0.5) is 17.1 Å². The number of rotatable bonds is 3. The van der Waals surface area contributed by atoms with E-state index < -0.39 is 11.8 Å². The van der Waals surface area contributed by atoms with E-state index in [2.05, 4.69) is 10.6 Å². The van der Waals surface area contributed by atoms with Crippen molar-refractivity contribution < 1.29 is 9.59 Å². The smallest absolute Gasteiger partial charge is 0.314 e. The van der Waals surface area contributed by atoms with Crippen LogP contribution >= 0.6 is 0 Å². The monoisotopic (exact) mass is 311 g/mol. The molecular weight excluding hydrogens is 290 g/mol. The van der Waals surface area contributed by atoms with E-state index in [0.29, 0.717) is 11.4 Å². The lowest BCUT2D eigenvalue weighted by Crippen LogP contribution is -2.29. The Hall–Kier alpha value is -2.82.